The Bertz CT molecular complexity index is 256. The fraction of sp³-hybridized carbons (Fsp3) is 0.583. The number of allylic oxidation sites excluding steroid dienone is 2. The lowest BCUT2D eigenvalue weighted by Gasteiger charge is -2.22. The second kappa shape index (κ2) is 6.53. The predicted octanol–water partition coefficient (Wildman–Crippen LogP) is 2.09. The standard InChI is InChI=1S/C12H22N2O/c1-8(2)6-11(7-13)12(15)14-10(5)9(3)4/h6-7,9-10,12-15H,1H2,2-5H3/b11-6+,13-7?. The first-order chi connectivity index (χ1) is 6.88. The molecule has 0 heterocycles. The van der Waals surface area contributed by atoms with Gasteiger partial charge in [0.25, 0.3) is 0 Å². The van der Waals surface area contributed by atoms with Crippen LogP contribution in [0.3, 0.4) is 0 Å². The van der Waals surface area contributed by atoms with Crippen molar-refractivity contribution in [2.75, 3.05) is 0 Å². The zero-order chi connectivity index (χ0) is 12.0. The summed E-state index contributed by atoms with van der Waals surface area (Å²) in [5.74, 6) is 0.441. The Hall–Kier alpha value is -0.930. The van der Waals surface area contributed by atoms with Crippen LogP contribution in [-0.4, -0.2) is 23.6 Å². The molecule has 2 unspecified atom stereocenters. The molecule has 0 aromatic rings. The third-order valence-corrected chi connectivity index (χ3v) is 2.32. The lowest BCUT2D eigenvalue weighted by atomic mass is 10.1. The van der Waals surface area contributed by atoms with E-state index in [-0.39, 0.29) is 6.04 Å². The number of aliphatic hydroxyl groups excluding tert-OH is 1. The van der Waals surface area contributed by atoms with E-state index < -0.39 is 6.23 Å². The molecular weight excluding hydrogens is 188 g/mol. The monoisotopic (exact) mass is 210 g/mol. The van der Waals surface area contributed by atoms with Crippen molar-refractivity contribution >= 4 is 6.21 Å². The summed E-state index contributed by atoms with van der Waals surface area (Å²) in [7, 11) is 0. The molecule has 0 saturated heterocycles. The minimum Gasteiger partial charge on any atom is -0.374 e. The fourth-order valence-electron chi connectivity index (χ4n) is 1.02. The van der Waals surface area contributed by atoms with Gasteiger partial charge in [-0.15, -0.1) is 0 Å². The summed E-state index contributed by atoms with van der Waals surface area (Å²) < 4.78 is 0. The maximum atomic E-state index is 9.81. The van der Waals surface area contributed by atoms with Gasteiger partial charge in [-0.3, -0.25) is 5.32 Å². The van der Waals surface area contributed by atoms with Gasteiger partial charge in [0.05, 0.1) is 0 Å². The van der Waals surface area contributed by atoms with Crippen molar-refractivity contribution in [3.63, 3.8) is 0 Å². The van der Waals surface area contributed by atoms with E-state index in [4.69, 9.17) is 5.41 Å². The van der Waals surface area contributed by atoms with E-state index >= 15 is 0 Å². The van der Waals surface area contributed by atoms with Crippen LogP contribution < -0.4 is 5.32 Å². The Morgan fingerprint density at radius 2 is 1.93 bits per heavy atom. The number of rotatable bonds is 6. The highest BCUT2D eigenvalue weighted by Gasteiger charge is 2.14. The van der Waals surface area contributed by atoms with Crippen molar-refractivity contribution in [1.29, 1.82) is 5.41 Å². The third-order valence-electron chi connectivity index (χ3n) is 2.32. The highest BCUT2D eigenvalue weighted by atomic mass is 16.3. The van der Waals surface area contributed by atoms with E-state index in [1.165, 1.54) is 0 Å². The second-order valence-corrected chi connectivity index (χ2v) is 4.24. The van der Waals surface area contributed by atoms with Crippen LogP contribution in [0.2, 0.25) is 0 Å². The zero-order valence-corrected chi connectivity index (χ0v) is 10.0. The van der Waals surface area contributed by atoms with Gasteiger partial charge >= 0.3 is 0 Å². The Kier molecular flexibility index (Phi) is 6.13. The van der Waals surface area contributed by atoms with Crippen molar-refractivity contribution in [2.45, 2.75) is 40.0 Å². The van der Waals surface area contributed by atoms with Gasteiger partial charge in [0, 0.05) is 17.8 Å². The molecule has 3 heteroatoms. The molecule has 3 nitrogen and oxygen atoms in total. The fourth-order valence-corrected chi connectivity index (χ4v) is 1.02. The summed E-state index contributed by atoms with van der Waals surface area (Å²) in [5, 5.41) is 20.0. The third kappa shape index (κ3) is 5.50. The van der Waals surface area contributed by atoms with Gasteiger partial charge in [0.1, 0.15) is 6.23 Å². The molecule has 0 fully saturated rings. The molecule has 3 N–H and O–H groups in total. The lowest BCUT2D eigenvalue weighted by molar-refractivity contribution is 0.154. The van der Waals surface area contributed by atoms with E-state index in [0.29, 0.717) is 11.5 Å². The topological polar surface area (TPSA) is 56.1 Å². The molecule has 0 aliphatic rings. The minimum atomic E-state index is -0.795. The number of hydrogen-bond acceptors (Lipinski definition) is 3. The van der Waals surface area contributed by atoms with Gasteiger partial charge in [-0.2, -0.15) is 0 Å². The maximum absolute atomic E-state index is 9.81. The zero-order valence-electron chi connectivity index (χ0n) is 10.0. The van der Waals surface area contributed by atoms with Gasteiger partial charge in [-0.25, -0.2) is 0 Å². The first kappa shape index (κ1) is 14.1. The van der Waals surface area contributed by atoms with Gasteiger partial charge < -0.3 is 10.5 Å². The molecule has 0 aromatic carbocycles. The average molecular weight is 210 g/mol. The van der Waals surface area contributed by atoms with E-state index in [9.17, 15) is 5.11 Å². The van der Waals surface area contributed by atoms with Crippen molar-refractivity contribution in [3.8, 4) is 0 Å². The highest BCUT2D eigenvalue weighted by molar-refractivity contribution is 5.77. The molecule has 15 heavy (non-hydrogen) atoms. The molecule has 0 aromatic heterocycles. The SMILES string of the molecule is C=C(C)/C=C(\C=N)C(O)NC(C)C(C)C. The Morgan fingerprint density at radius 3 is 2.27 bits per heavy atom. The molecule has 0 rings (SSSR count). The number of aliphatic hydroxyl groups is 1. The average Bonchev–Trinajstić information content (AvgIpc) is 2.13. The van der Waals surface area contributed by atoms with Gasteiger partial charge in [-0.1, -0.05) is 32.1 Å². The molecule has 2 atom stereocenters. The van der Waals surface area contributed by atoms with Crippen molar-refractivity contribution in [2.24, 2.45) is 5.92 Å². The summed E-state index contributed by atoms with van der Waals surface area (Å²) >= 11 is 0. The molecule has 0 aliphatic heterocycles. The van der Waals surface area contributed by atoms with E-state index in [1.54, 1.807) is 6.08 Å². The highest BCUT2D eigenvalue weighted by Crippen LogP contribution is 2.06. The van der Waals surface area contributed by atoms with Gasteiger partial charge in [0.15, 0.2) is 0 Å². The van der Waals surface area contributed by atoms with Crippen LogP contribution in [-0.2, 0) is 0 Å². The Balaban J connectivity index is 4.47. The summed E-state index contributed by atoms with van der Waals surface area (Å²) in [6.07, 6.45) is 2.06. The molecule has 86 valence electrons. The summed E-state index contributed by atoms with van der Waals surface area (Å²) in [6, 6.07) is 0.202. The van der Waals surface area contributed by atoms with Crippen LogP contribution in [0.4, 0.5) is 0 Å². The predicted molar refractivity (Wildman–Crippen MR) is 65.1 cm³/mol. The molecule has 0 radical (unpaired) electrons. The van der Waals surface area contributed by atoms with Crippen LogP contribution in [0.1, 0.15) is 27.7 Å². The first-order valence-corrected chi connectivity index (χ1v) is 5.20. The smallest absolute Gasteiger partial charge is 0.132 e. The van der Waals surface area contributed by atoms with E-state index in [0.717, 1.165) is 11.8 Å². The maximum Gasteiger partial charge on any atom is 0.132 e. The Morgan fingerprint density at radius 1 is 1.40 bits per heavy atom. The molecule has 0 spiro atoms. The normalized spacial score (nSPS) is 16.3. The summed E-state index contributed by atoms with van der Waals surface area (Å²) in [6.45, 7) is 11.7. The van der Waals surface area contributed by atoms with Gasteiger partial charge in [0.2, 0.25) is 0 Å². The van der Waals surface area contributed by atoms with E-state index in [1.807, 2.05) is 13.8 Å². The largest absolute Gasteiger partial charge is 0.374 e. The Labute approximate surface area is 92.4 Å². The van der Waals surface area contributed by atoms with Crippen LogP contribution >= 0.6 is 0 Å². The van der Waals surface area contributed by atoms with Crippen molar-refractivity contribution < 1.29 is 5.11 Å². The lowest BCUT2D eigenvalue weighted by Crippen LogP contribution is -2.40. The van der Waals surface area contributed by atoms with Crippen molar-refractivity contribution in [1.82, 2.24) is 5.32 Å². The molecule has 0 amide bonds. The first-order valence-electron chi connectivity index (χ1n) is 5.20. The van der Waals surface area contributed by atoms with Crippen LogP contribution in [0, 0.1) is 11.3 Å². The van der Waals surface area contributed by atoms with Crippen molar-refractivity contribution in [3.05, 3.63) is 23.8 Å². The molecule has 0 saturated carbocycles. The van der Waals surface area contributed by atoms with Gasteiger partial charge in [-0.05, 0) is 19.8 Å². The van der Waals surface area contributed by atoms with Crippen LogP contribution in [0.25, 0.3) is 0 Å². The molecular formula is C12H22N2O. The summed E-state index contributed by atoms with van der Waals surface area (Å²) in [5.41, 5.74) is 1.36. The number of nitrogens with one attached hydrogen (secondary N) is 2. The van der Waals surface area contributed by atoms with Crippen LogP contribution in [0.15, 0.2) is 23.8 Å². The van der Waals surface area contributed by atoms with E-state index in [2.05, 4.69) is 25.7 Å². The minimum absolute atomic E-state index is 0.202. The summed E-state index contributed by atoms with van der Waals surface area (Å²) in [4.78, 5) is 0. The quantitative estimate of drug-likeness (QED) is 0.357. The molecule has 0 bridgehead atoms. The second-order valence-electron chi connectivity index (χ2n) is 4.24. The number of hydrogen-bond donors (Lipinski definition) is 3. The van der Waals surface area contributed by atoms with Crippen LogP contribution in [0.5, 0.6) is 0 Å². The molecule has 0 aliphatic carbocycles.